The fraction of sp³-hybridized carbons (Fsp3) is 0.500. The third kappa shape index (κ3) is 6.41. The summed E-state index contributed by atoms with van der Waals surface area (Å²) in [6.07, 6.45) is 0.887. The van der Waals surface area contributed by atoms with Crippen molar-refractivity contribution in [2.24, 2.45) is 5.92 Å². The first-order valence-corrected chi connectivity index (χ1v) is 11.0. The Kier molecular flexibility index (Phi) is 8.47. The number of carbonyl (C=O) groups is 1. The Morgan fingerprint density at radius 3 is 2.27 bits per heavy atom. The minimum atomic E-state index is -0.247. The average Bonchev–Trinajstić information content (AvgIpc) is 2.72. The Morgan fingerprint density at radius 2 is 1.70 bits per heavy atom. The number of nitrogens with zero attached hydrogens (tertiary/aromatic N) is 1. The highest BCUT2D eigenvalue weighted by molar-refractivity contribution is 5.75. The second-order valence-electron chi connectivity index (χ2n) is 8.77. The molecule has 0 spiro atoms. The SMILES string of the molecule is [2H]OCc1ccc(OC(=O)C(C)C)c([C@H](CCN(C(C)C)C(C)C)c2ccccc2)c1. The molecule has 0 saturated heterocycles. The lowest BCUT2D eigenvalue weighted by molar-refractivity contribution is -0.137. The van der Waals surface area contributed by atoms with Crippen LogP contribution in [-0.2, 0) is 11.4 Å². The van der Waals surface area contributed by atoms with Gasteiger partial charge in [-0.15, -0.1) is 0 Å². The highest BCUT2D eigenvalue weighted by atomic mass is 16.5. The van der Waals surface area contributed by atoms with Gasteiger partial charge in [0.1, 0.15) is 5.75 Å². The van der Waals surface area contributed by atoms with Crippen molar-refractivity contribution in [3.8, 4) is 5.75 Å². The number of hydrogen-bond acceptors (Lipinski definition) is 4. The zero-order chi connectivity index (χ0) is 23.0. The number of carbonyl (C=O) groups excluding carboxylic acids is 1. The van der Waals surface area contributed by atoms with Gasteiger partial charge in [0.25, 0.3) is 0 Å². The lowest BCUT2D eigenvalue weighted by Gasteiger charge is -2.32. The Labute approximate surface area is 183 Å². The van der Waals surface area contributed by atoms with E-state index < -0.39 is 0 Å². The maximum absolute atomic E-state index is 12.4. The molecule has 4 heteroatoms. The van der Waals surface area contributed by atoms with Crippen molar-refractivity contribution in [1.29, 1.82) is 1.43 Å². The zero-order valence-electron chi connectivity index (χ0n) is 20.2. The molecule has 0 aliphatic carbocycles. The van der Waals surface area contributed by atoms with E-state index in [1.807, 2.05) is 50.2 Å². The van der Waals surface area contributed by atoms with Crippen molar-refractivity contribution >= 4 is 5.97 Å². The summed E-state index contributed by atoms with van der Waals surface area (Å²) >= 11 is 0. The largest absolute Gasteiger partial charge is 0.426 e. The molecule has 2 aromatic rings. The van der Waals surface area contributed by atoms with Crippen LogP contribution in [0.25, 0.3) is 0 Å². The van der Waals surface area contributed by atoms with Gasteiger partial charge in [-0.25, -0.2) is 0 Å². The number of hydrogen-bond donors (Lipinski definition) is 1. The highest BCUT2D eigenvalue weighted by Gasteiger charge is 2.23. The summed E-state index contributed by atoms with van der Waals surface area (Å²) in [6.45, 7) is 13.7. The first-order valence-electron chi connectivity index (χ1n) is 11.4. The third-order valence-corrected chi connectivity index (χ3v) is 5.50. The maximum atomic E-state index is 12.4. The summed E-state index contributed by atoms with van der Waals surface area (Å²) in [7, 11) is 0. The molecule has 0 saturated carbocycles. The molecule has 0 aliphatic heterocycles. The van der Waals surface area contributed by atoms with Gasteiger partial charge in [-0.2, -0.15) is 0 Å². The summed E-state index contributed by atoms with van der Waals surface area (Å²) in [4.78, 5) is 14.9. The third-order valence-electron chi connectivity index (χ3n) is 5.50. The van der Waals surface area contributed by atoms with E-state index in [1.165, 1.54) is 5.56 Å². The molecule has 0 aliphatic rings. The van der Waals surface area contributed by atoms with Crippen molar-refractivity contribution < 1.29 is 14.6 Å². The van der Waals surface area contributed by atoms with Crippen LogP contribution in [0.3, 0.4) is 0 Å². The predicted molar refractivity (Wildman–Crippen MR) is 123 cm³/mol. The van der Waals surface area contributed by atoms with E-state index in [4.69, 9.17) is 6.17 Å². The molecule has 0 radical (unpaired) electrons. The van der Waals surface area contributed by atoms with Crippen molar-refractivity contribution in [1.82, 2.24) is 4.90 Å². The maximum Gasteiger partial charge on any atom is 0.313 e. The summed E-state index contributed by atoms with van der Waals surface area (Å²) in [6, 6.07) is 16.9. The lowest BCUT2D eigenvalue weighted by atomic mass is 9.86. The first-order chi connectivity index (χ1) is 14.7. The number of ether oxygens (including phenoxy) is 1. The molecular formula is C26H37NO3. The number of esters is 1. The molecule has 1 N–H and O–H groups in total. The molecule has 0 fully saturated rings. The normalized spacial score (nSPS) is 13.2. The van der Waals surface area contributed by atoms with Crippen molar-refractivity contribution in [2.75, 3.05) is 6.54 Å². The van der Waals surface area contributed by atoms with Gasteiger partial charge < -0.3 is 9.85 Å². The molecule has 0 heterocycles. The van der Waals surface area contributed by atoms with Gasteiger partial charge in [-0.3, -0.25) is 9.69 Å². The number of rotatable bonds is 11. The van der Waals surface area contributed by atoms with Gasteiger partial charge in [-0.1, -0.05) is 50.2 Å². The van der Waals surface area contributed by atoms with Crippen molar-refractivity contribution in [3.05, 3.63) is 65.2 Å². The molecule has 0 unspecified atom stereocenters. The van der Waals surface area contributed by atoms with Crippen molar-refractivity contribution in [3.63, 3.8) is 0 Å². The van der Waals surface area contributed by atoms with Crippen LogP contribution in [0.5, 0.6) is 5.75 Å². The molecule has 0 aromatic heterocycles. The second-order valence-corrected chi connectivity index (χ2v) is 8.77. The zero-order valence-corrected chi connectivity index (χ0v) is 19.2. The fourth-order valence-corrected chi connectivity index (χ4v) is 3.86. The van der Waals surface area contributed by atoms with Gasteiger partial charge in [0, 0.05) is 23.6 Å². The van der Waals surface area contributed by atoms with E-state index in [9.17, 15) is 4.79 Å². The quantitative estimate of drug-likeness (QED) is 0.398. The monoisotopic (exact) mass is 412 g/mol. The number of benzene rings is 2. The van der Waals surface area contributed by atoms with Crippen LogP contribution in [0.4, 0.5) is 0 Å². The second kappa shape index (κ2) is 11.3. The van der Waals surface area contributed by atoms with Crippen LogP contribution in [0.1, 0.15) is 70.6 Å². The molecular weight excluding hydrogens is 374 g/mol. The van der Waals surface area contributed by atoms with E-state index >= 15 is 0 Å². The van der Waals surface area contributed by atoms with E-state index in [0.29, 0.717) is 17.8 Å². The Balaban J connectivity index is 2.49. The van der Waals surface area contributed by atoms with Crippen molar-refractivity contribution in [2.45, 2.75) is 72.6 Å². The molecule has 1 atom stereocenters. The molecule has 2 rings (SSSR count). The van der Waals surface area contributed by atoms with Crippen LogP contribution < -0.4 is 4.74 Å². The van der Waals surface area contributed by atoms with Gasteiger partial charge in [0.15, 0.2) is 0 Å². The predicted octanol–water partition coefficient (Wildman–Crippen LogP) is 5.38. The van der Waals surface area contributed by atoms with E-state index in [0.717, 1.165) is 24.1 Å². The Morgan fingerprint density at radius 1 is 1.03 bits per heavy atom. The number of aliphatic hydroxyl groups excluding tert-OH is 1. The molecule has 4 nitrogen and oxygen atoms in total. The van der Waals surface area contributed by atoms with Crippen LogP contribution >= 0.6 is 0 Å². The van der Waals surface area contributed by atoms with Crippen LogP contribution in [0, 0.1) is 5.92 Å². The summed E-state index contributed by atoms with van der Waals surface area (Å²) in [5.74, 6) is 0.184. The molecule has 30 heavy (non-hydrogen) atoms. The van der Waals surface area contributed by atoms with E-state index in [2.05, 4.69) is 49.8 Å². The van der Waals surface area contributed by atoms with Gasteiger partial charge >= 0.3 is 5.97 Å². The average molecular weight is 413 g/mol. The van der Waals surface area contributed by atoms with Gasteiger partial charge in [0.05, 0.1) is 12.5 Å². The number of aliphatic hydroxyl groups is 1. The smallest absolute Gasteiger partial charge is 0.313 e. The first kappa shape index (κ1) is 22.5. The topological polar surface area (TPSA) is 49.8 Å². The van der Waals surface area contributed by atoms with Gasteiger partial charge in [-0.05, 0) is 63.9 Å². The summed E-state index contributed by atoms with van der Waals surface area (Å²) < 4.78 is 12.9. The summed E-state index contributed by atoms with van der Waals surface area (Å²) in [5, 5.41) is 4.62. The van der Waals surface area contributed by atoms with E-state index in [-0.39, 0.29) is 24.4 Å². The molecule has 164 valence electrons. The Hall–Kier alpha value is -2.17. The fourth-order valence-electron chi connectivity index (χ4n) is 3.86. The van der Waals surface area contributed by atoms with Crippen LogP contribution in [0.2, 0.25) is 0 Å². The highest BCUT2D eigenvalue weighted by Crippen LogP contribution is 2.36. The lowest BCUT2D eigenvalue weighted by Crippen LogP contribution is -2.38. The minimum Gasteiger partial charge on any atom is -0.426 e. The van der Waals surface area contributed by atoms with Gasteiger partial charge in [0.2, 0.25) is 1.43 Å². The minimum absolute atomic E-state index is 0.0573. The van der Waals surface area contributed by atoms with Crippen LogP contribution in [-0.4, -0.2) is 36.0 Å². The van der Waals surface area contributed by atoms with E-state index in [1.54, 1.807) is 0 Å². The molecule has 0 bridgehead atoms. The van der Waals surface area contributed by atoms with Crippen LogP contribution in [0.15, 0.2) is 48.5 Å². The molecule has 0 amide bonds. The standard InChI is InChI=1S/C26H37NO3/c1-18(2)26(29)30-25-13-12-21(17-28)16-24(25)23(22-10-8-7-9-11-22)14-15-27(19(3)4)20(5)6/h7-13,16,18-20,23,28H,14-15,17H2,1-6H3/t23-/m1/s1/i28D. The molecule has 2 aromatic carbocycles. The summed E-state index contributed by atoms with van der Waals surface area (Å²) in [5.41, 5.74) is 3.03. The Bertz CT molecular complexity index is 813.